The average Bonchev–Trinajstić information content (AvgIpc) is 2.39. The van der Waals surface area contributed by atoms with Crippen molar-refractivity contribution >= 4 is 5.69 Å². The number of nitrogens with one attached hydrogen (secondary N) is 1. The highest BCUT2D eigenvalue weighted by Gasteiger charge is 2.10. The van der Waals surface area contributed by atoms with Crippen molar-refractivity contribution in [2.45, 2.75) is 26.8 Å². The van der Waals surface area contributed by atoms with Gasteiger partial charge in [-0.2, -0.15) is 0 Å². The maximum absolute atomic E-state index is 5.93. The molecule has 0 radical (unpaired) electrons. The molecule has 0 saturated heterocycles. The van der Waals surface area contributed by atoms with E-state index in [1.54, 1.807) is 0 Å². The molecule has 2 rings (SSSR count). The first-order chi connectivity index (χ1) is 9.10. The summed E-state index contributed by atoms with van der Waals surface area (Å²) in [7, 11) is 0. The number of nitrogens with two attached hydrogens (primary N) is 1. The predicted octanol–water partition coefficient (Wildman–Crippen LogP) is 3.72. The molecule has 2 heteroatoms. The van der Waals surface area contributed by atoms with E-state index >= 15 is 0 Å². The third kappa shape index (κ3) is 3.36. The van der Waals surface area contributed by atoms with Crippen LogP contribution in [0.5, 0.6) is 0 Å². The van der Waals surface area contributed by atoms with Crippen LogP contribution in [-0.2, 0) is 0 Å². The Morgan fingerprint density at radius 2 is 1.74 bits per heavy atom. The van der Waals surface area contributed by atoms with Gasteiger partial charge in [-0.3, -0.25) is 0 Å². The van der Waals surface area contributed by atoms with E-state index in [1.807, 2.05) is 0 Å². The van der Waals surface area contributed by atoms with Crippen LogP contribution >= 0.6 is 0 Å². The molecular weight excluding hydrogens is 232 g/mol. The Balaban J connectivity index is 2.26. The predicted molar refractivity (Wildman–Crippen MR) is 82.5 cm³/mol. The van der Waals surface area contributed by atoms with Gasteiger partial charge >= 0.3 is 0 Å². The van der Waals surface area contributed by atoms with Crippen molar-refractivity contribution in [3.63, 3.8) is 0 Å². The van der Waals surface area contributed by atoms with Gasteiger partial charge in [0.2, 0.25) is 0 Å². The van der Waals surface area contributed by atoms with Crippen molar-refractivity contribution in [1.29, 1.82) is 0 Å². The highest BCUT2D eigenvalue weighted by Crippen LogP contribution is 2.23. The first-order valence-corrected chi connectivity index (χ1v) is 6.70. The molecule has 0 bridgehead atoms. The smallest absolute Gasteiger partial charge is 0.0636 e. The molecule has 19 heavy (non-hydrogen) atoms. The molecule has 2 nitrogen and oxygen atoms in total. The van der Waals surface area contributed by atoms with Gasteiger partial charge in [0.1, 0.15) is 0 Å². The van der Waals surface area contributed by atoms with Crippen LogP contribution in [0.15, 0.2) is 42.5 Å². The second-order valence-corrected chi connectivity index (χ2v) is 5.17. The van der Waals surface area contributed by atoms with Crippen LogP contribution in [-0.4, -0.2) is 6.54 Å². The van der Waals surface area contributed by atoms with Crippen molar-refractivity contribution in [3.05, 3.63) is 64.7 Å². The summed E-state index contributed by atoms with van der Waals surface area (Å²) in [5, 5.41) is 3.56. The molecule has 3 N–H and O–H groups in total. The van der Waals surface area contributed by atoms with Gasteiger partial charge in [-0.15, -0.1) is 0 Å². The van der Waals surface area contributed by atoms with Gasteiger partial charge in [0.15, 0.2) is 0 Å². The quantitative estimate of drug-likeness (QED) is 0.872. The van der Waals surface area contributed by atoms with E-state index < -0.39 is 0 Å². The lowest BCUT2D eigenvalue weighted by Gasteiger charge is -2.21. The maximum atomic E-state index is 5.93. The SMILES string of the molecule is Cc1cccc(C(CN)Nc2cc(C)ccc2C)c1. The molecule has 0 amide bonds. The molecule has 0 aliphatic rings. The van der Waals surface area contributed by atoms with Crippen LogP contribution in [0.1, 0.15) is 28.3 Å². The molecule has 0 aromatic heterocycles. The van der Waals surface area contributed by atoms with E-state index in [-0.39, 0.29) is 6.04 Å². The van der Waals surface area contributed by atoms with Gasteiger partial charge in [-0.25, -0.2) is 0 Å². The molecule has 0 spiro atoms. The molecule has 0 heterocycles. The van der Waals surface area contributed by atoms with Crippen molar-refractivity contribution in [3.8, 4) is 0 Å². The zero-order valence-electron chi connectivity index (χ0n) is 11.9. The van der Waals surface area contributed by atoms with Gasteiger partial charge in [-0.05, 0) is 43.5 Å². The Labute approximate surface area is 115 Å². The lowest BCUT2D eigenvalue weighted by molar-refractivity contribution is 0.787. The Morgan fingerprint density at radius 1 is 1.00 bits per heavy atom. The molecule has 2 aromatic carbocycles. The first kappa shape index (κ1) is 13.6. The molecule has 0 aliphatic heterocycles. The van der Waals surface area contributed by atoms with E-state index in [0.717, 1.165) is 5.69 Å². The zero-order chi connectivity index (χ0) is 13.8. The minimum atomic E-state index is 0.153. The summed E-state index contributed by atoms with van der Waals surface area (Å²) in [6.07, 6.45) is 0. The van der Waals surface area contributed by atoms with Gasteiger partial charge in [0, 0.05) is 12.2 Å². The molecular formula is C17H22N2. The lowest BCUT2D eigenvalue weighted by atomic mass is 10.0. The minimum Gasteiger partial charge on any atom is -0.377 e. The highest BCUT2D eigenvalue weighted by atomic mass is 14.9. The van der Waals surface area contributed by atoms with Gasteiger partial charge < -0.3 is 11.1 Å². The third-order valence-electron chi connectivity index (χ3n) is 3.40. The van der Waals surface area contributed by atoms with Crippen LogP contribution in [0.3, 0.4) is 0 Å². The van der Waals surface area contributed by atoms with E-state index in [9.17, 15) is 0 Å². The van der Waals surface area contributed by atoms with Gasteiger partial charge in [0.25, 0.3) is 0 Å². The maximum Gasteiger partial charge on any atom is 0.0636 e. The number of anilines is 1. The van der Waals surface area contributed by atoms with E-state index in [4.69, 9.17) is 5.73 Å². The lowest BCUT2D eigenvalue weighted by Crippen LogP contribution is -2.21. The number of hydrogen-bond donors (Lipinski definition) is 2. The summed E-state index contributed by atoms with van der Waals surface area (Å²) < 4.78 is 0. The van der Waals surface area contributed by atoms with Gasteiger partial charge in [-0.1, -0.05) is 42.0 Å². The molecule has 0 aliphatic carbocycles. The van der Waals surface area contributed by atoms with Gasteiger partial charge in [0.05, 0.1) is 6.04 Å². The molecule has 0 fully saturated rings. The first-order valence-electron chi connectivity index (χ1n) is 6.70. The van der Waals surface area contributed by atoms with Crippen molar-refractivity contribution in [2.75, 3.05) is 11.9 Å². The summed E-state index contributed by atoms with van der Waals surface area (Å²) in [4.78, 5) is 0. The van der Waals surface area contributed by atoms with E-state index in [0.29, 0.717) is 6.54 Å². The van der Waals surface area contributed by atoms with Crippen molar-refractivity contribution < 1.29 is 0 Å². The monoisotopic (exact) mass is 254 g/mol. The number of hydrogen-bond acceptors (Lipinski definition) is 2. The third-order valence-corrected chi connectivity index (χ3v) is 3.40. The van der Waals surface area contributed by atoms with E-state index in [1.165, 1.54) is 22.3 Å². The largest absolute Gasteiger partial charge is 0.377 e. The molecule has 100 valence electrons. The molecule has 2 aromatic rings. The van der Waals surface area contributed by atoms with Crippen LogP contribution in [0.2, 0.25) is 0 Å². The summed E-state index contributed by atoms with van der Waals surface area (Å²) in [5.74, 6) is 0. The summed E-state index contributed by atoms with van der Waals surface area (Å²) >= 11 is 0. The Bertz CT molecular complexity index is 561. The fourth-order valence-corrected chi connectivity index (χ4v) is 2.24. The van der Waals surface area contributed by atoms with Crippen molar-refractivity contribution in [2.24, 2.45) is 5.73 Å². The van der Waals surface area contributed by atoms with E-state index in [2.05, 4.69) is 68.6 Å². The number of benzene rings is 2. The average molecular weight is 254 g/mol. The Kier molecular flexibility index (Phi) is 4.23. The molecule has 0 saturated carbocycles. The Hall–Kier alpha value is -1.80. The van der Waals surface area contributed by atoms with Crippen molar-refractivity contribution in [1.82, 2.24) is 0 Å². The molecule has 1 unspecified atom stereocenters. The fourth-order valence-electron chi connectivity index (χ4n) is 2.24. The number of aryl methyl sites for hydroxylation is 3. The molecule has 1 atom stereocenters. The summed E-state index contributed by atoms with van der Waals surface area (Å²) in [5.41, 5.74) is 12.1. The fraction of sp³-hybridized carbons (Fsp3) is 0.294. The highest BCUT2D eigenvalue weighted by molar-refractivity contribution is 5.54. The second kappa shape index (κ2) is 5.89. The summed E-state index contributed by atoms with van der Waals surface area (Å²) in [6, 6.07) is 15.1. The number of rotatable bonds is 4. The van der Waals surface area contributed by atoms with Crippen LogP contribution in [0, 0.1) is 20.8 Å². The topological polar surface area (TPSA) is 38.0 Å². The summed E-state index contributed by atoms with van der Waals surface area (Å²) in [6.45, 7) is 6.91. The van der Waals surface area contributed by atoms with Crippen LogP contribution in [0.25, 0.3) is 0 Å². The standard InChI is InChI=1S/C17H22N2/c1-12-5-4-6-15(9-12)17(11-18)19-16-10-13(2)7-8-14(16)3/h4-10,17,19H,11,18H2,1-3H3. The second-order valence-electron chi connectivity index (χ2n) is 5.17. The normalized spacial score (nSPS) is 12.2. The van der Waals surface area contributed by atoms with Crippen LogP contribution in [0.4, 0.5) is 5.69 Å². The Morgan fingerprint density at radius 3 is 2.42 bits per heavy atom. The minimum absolute atomic E-state index is 0.153. The van der Waals surface area contributed by atoms with Crippen LogP contribution < -0.4 is 11.1 Å². The zero-order valence-corrected chi connectivity index (χ0v) is 11.9.